The van der Waals surface area contributed by atoms with Gasteiger partial charge in [0.2, 0.25) is 0 Å². The number of carbonyl (C=O) groups is 1. The summed E-state index contributed by atoms with van der Waals surface area (Å²) in [6, 6.07) is 6.17. The van der Waals surface area contributed by atoms with Gasteiger partial charge in [-0.25, -0.2) is 4.52 Å². The Labute approximate surface area is 169 Å². The smallest absolute Gasteiger partial charge is 0.275 e. The molecule has 2 aliphatic carbocycles. The number of amides is 1. The molecule has 0 saturated heterocycles. The first-order chi connectivity index (χ1) is 13.9. The maximum Gasteiger partial charge on any atom is 0.275 e. The average molecular weight is 390 g/mol. The van der Waals surface area contributed by atoms with Crippen LogP contribution in [0.1, 0.15) is 65.6 Å². The van der Waals surface area contributed by atoms with Gasteiger partial charge >= 0.3 is 0 Å². The van der Waals surface area contributed by atoms with Crippen molar-refractivity contribution in [3.05, 3.63) is 57.0 Å². The molecular weight excluding hydrogens is 364 g/mol. The van der Waals surface area contributed by atoms with Crippen molar-refractivity contribution < 1.29 is 4.79 Å². The Morgan fingerprint density at radius 1 is 1.21 bits per heavy atom. The number of carbonyl (C=O) groups excluding carboxylic acids is 1. The minimum absolute atomic E-state index is 0.0936. The van der Waals surface area contributed by atoms with Gasteiger partial charge in [-0.15, -0.1) is 5.10 Å². The molecule has 29 heavy (non-hydrogen) atoms. The maximum atomic E-state index is 13.0. The number of nitrogens with one attached hydrogen (secondary N) is 2. The number of hydrogen-bond donors (Lipinski definition) is 2. The van der Waals surface area contributed by atoms with E-state index < -0.39 is 0 Å². The van der Waals surface area contributed by atoms with Gasteiger partial charge in [-0.1, -0.05) is 12.1 Å². The summed E-state index contributed by atoms with van der Waals surface area (Å²) in [6.45, 7) is 6.16. The van der Waals surface area contributed by atoms with Crippen LogP contribution in [0.15, 0.2) is 29.2 Å². The lowest BCUT2D eigenvalue weighted by Gasteiger charge is -2.12. The van der Waals surface area contributed by atoms with E-state index in [4.69, 9.17) is 0 Å². The lowest BCUT2D eigenvalue weighted by atomic mass is 10.1. The molecule has 2 saturated carbocycles. The van der Waals surface area contributed by atoms with E-state index in [0.717, 1.165) is 29.5 Å². The molecule has 0 aliphatic heterocycles. The van der Waals surface area contributed by atoms with E-state index in [1.54, 1.807) is 10.7 Å². The minimum atomic E-state index is -0.190. The fraction of sp³-hybridized carbons (Fsp3) is 0.435. The van der Waals surface area contributed by atoms with E-state index in [-0.39, 0.29) is 23.4 Å². The third-order valence-electron chi connectivity index (χ3n) is 6.38. The van der Waals surface area contributed by atoms with Crippen molar-refractivity contribution in [2.24, 2.45) is 5.92 Å². The molecule has 2 heterocycles. The molecule has 1 atom stereocenters. The Hall–Kier alpha value is -2.89. The van der Waals surface area contributed by atoms with Crippen LogP contribution in [-0.2, 0) is 0 Å². The number of aryl methyl sites for hydroxylation is 2. The highest BCUT2D eigenvalue weighted by Gasteiger charge is 2.35. The molecule has 3 aromatic rings. The number of nitrogens with zero attached hydrogens (tertiary/aromatic N) is 2. The van der Waals surface area contributed by atoms with E-state index in [1.165, 1.54) is 18.4 Å². The monoisotopic (exact) mass is 390 g/mol. The van der Waals surface area contributed by atoms with E-state index in [1.807, 2.05) is 25.1 Å². The van der Waals surface area contributed by atoms with Crippen molar-refractivity contribution in [3.63, 3.8) is 0 Å². The second-order valence-electron chi connectivity index (χ2n) is 8.73. The molecule has 150 valence electrons. The van der Waals surface area contributed by atoms with Crippen molar-refractivity contribution >= 4 is 11.4 Å². The molecule has 1 amide bonds. The molecule has 1 aromatic carbocycles. The number of aromatic amines is 1. The van der Waals surface area contributed by atoms with Gasteiger partial charge in [0.05, 0.1) is 5.56 Å². The van der Waals surface area contributed by atoms with Crippen molar-refractivity contribution in [2.75, 3.05) is 0 Å². The average Bonchev–Trinajstić information content (AvgIpc) is 3.60. The topological polar surface area (TPSA) is 79.3 Å². The van der Waals surface area contributed by atoms with Crippen LogP contribution in [0.4, 0.5) is 0 Å². The molecule has 2 N–H and O–H groups in total. The van der Waals surface area contributed by atoms with Crippen LogP contribution in [0.25, 0.3) is 16.9 Å². The number of H-pyrrole nitrogens is 1. The van der Waals surface area contributed by atoms with Gasteiger partial charge < -0.3 is 10.3 Å². The Balaban J connectivity index is 1.60. The van der Waals surface area contributed by atoms with Crippen LogP contribution >= 0.6 is 0 Å². The van der Waals surface area contributed by atoms with E-state index in [0.29, 0.717) is 22.8 Å². The van der Waals surface area contributed by atoms with Gasteiger partial charge in [0.15, 0.2) is 5.82 Å². The molecule has 0 radical (unpaired) electrons. The Morgan fingerprint density at radius 3 is 2.62 bits per heavy atom. The second-order valence-corrected chi connectivity index (χ2v) is 8.73. The number of aromatic nitrogens is 3. The molecular formula is C23H26N4O2. The zero-order valence-electron chi connectivity index (χ0n) is 17.1. The summed E-state index contributed by atoms with van der Waals surface area (Å²) < 4.78 is 1.60. The van der Waals surface area contributed by atoms with Crippen LogP contribution in [-0.4, -0.2) is 26.5 Å². The Kier molecular flexibility index (Phi) is 4.12. The first kappa shape index (κ1) is 18.2. The third-order valence-corrected chi connectivity index (χ3v) is 6.38. The zero-order chi connectivity index (χ0) is 20.3. The van der Waals surface area contributed by atoms with Gasteiger partial charge in [-0.3, -0.25) is 9.59 Å². The molecule has 5 rings (SSSR count). The lowest BCUT2D eigenvalue weighted by molar-refractivity contribution is 0.0935. The predicted molar refractivity (Wildman–Crippen MR) is 112 cm³/mol. The van der Waals surface area contributed by atoms with E-state index in [9.17, 15) is 9.59 Å². The maximum absolute atomic E-state index is 13.0. The number of rotatable bonds is 5. The largest absolute Gasteiger partial charge is 0.349 e. The fourth-order valence-corrected chi connectivity index (χ4v) is 4.10. The standard InChI is InChI=1S/C23H26N4O2/c1-12-4-5-17(10-13(12)2)21-25-23(29)20-19(16-8-9-16)18(11-27(20)26-21)22(28)24-14(3)15-6-7-15/h4-5,10-11,14-16H,6-9H2,1-3H3,(H,24,28)(H,25,26,29)/t14-/m0/s1. The molecule has 2 fully saturated rings. The molecule has 6 nitrogen and oxygen atoms in total. The van der Waals surface area contributed by atoms with Crippen LogP contribution in [0.5, 0.6) is 0 Å². The summed E-state index contributed by atoms with van der Waals surface area (Å²) >= 11 is 0. The second kappa shape index (κ2) is 6.58. The summed E-state index contributed by atoms with van der Waals surface area (Å²) in [4.78, 5) is 28.9. The van der Waals surface area contributed by atoms with Gasteiger partial charge in [0, 0.05) is 23.4 Å². The normalized spacial score (nSPS) is 17.5. The molecule has 2 aromatic heterocycles. The van der Waals surface area contributed by atoms with Crippen LogP contribution < -0.4 is 10.9 Å². The summed E-state index contributed by atoms with van der Waals surface area (Å²) in [7, 11) is 0. The minimum Gasteiger partial charge on any atom is -0.349 e. The first-order valence-corrected chi connectivity index (χ1v) is 10.5. The number of fused-ring (bicyclic) bond motifs is 1. The van der Waals surface area contributed by atoms with Gasteiger partial charge in [0.25, 0.3) is 11.5 Å². The highest BCUT2D eigenvalue weighted by atomic mass is 16.2. The fourth-order valence-electron chi connectivity index (χ4n) is 4.10. The molecule has 0 bridgehead atoms. The van der Waals surface area contributed by atoms with Gasteiger partial charge in [-0.05, 0) is 75.5 Å². The van der Waals surface area contributed by atoms with Crippen LogP contribution in [0.3, 0.4) is 0 Å². The summed E-state index contributed by atoms with van der Waals surface area (Å²) in [6.07, 6.45) is 6.11. The Bertz CT molecular complexity index is 1180. The summed E-state index contributed by atoms with van der Waals surface area (Å²) in [5.41, 5.74) is 4.96. The lowest BCUT2D eigenvalue weighted by Crippen LogP contribution is -2.34. The highest BCUT2D eigenvalue weighted by molar-refractivity contribution is 5.98. The first-order valence-electron chi connectivity index (χ1n) is 10.5. The summed E-state index contributed by atoms with van der Waals surface area (Å²) in [5.74, 6) is 1.27. The molecule has 0 unspecified atom stereocenters. The Morgan fingerprint density at radius 2 is 1.97 bits per heavy atom. The van der Waals surface area contributed by atoms with Crippen molar-refractivity contribution in [2.45, 2.75) is 58.4 Å². The van der Waals surface area contributed by atoms with Crippen LogP contribution in [0, 0.1) is 19.8 Å². The van der Waals surface area contributed by atoms with Gasteiger partial charge in [-0.2, -0.15) is 0 Å². The van der Waals surface area contributed by atoms with Crippen LogP contribution in [0.2, 0.25) is 0 Å². The molecule has 6 heteroatoms. The third kappa shape index (κ3) is 3.26. The van der Waals surface area contributed by atoms with Crippen molar-refractivity contribution in [1.29, 1.82) is 0 Å². The molecule has 0 spiro atoms. The zero-order valence-corrected chi connectivity index (χ0v) is 17.1. The predicted octanol–water partition coefficient (Wildman–Crippen LogP) is 3.71. The highest BCUT2D eigenvalue weighted by Crippen LogP contribution is 2.43. The van der Waals surface area contributed by atoms with E-state index >= 15 is 0 Å². The quantitative estimate of drug-likeness (QED) is 0.697. The number of benzene rings is 1. The van der Waals surface area contributed by atoms with E-state index in [2.05, 4.69) is 29.2 Å². The van der Waals surface area contributed by atoms with Crippen molar-refractivity contribution in [3.8, 4) is 11.4 Å². The van der Waals surface area contributed by atoms with Gasteiger partial charge in [0.1, 0.15) is 5.52 Å². The molecule has 2 aliphatic rings. The SMILES string of the molecule is Cc1ccc(-c2nn3cc(C(=O)N[C@@H](C)C4CC4)c(C4CC4)c3c(=O)[nH]2)cc1C. The van der Waals surface area contributed by atoms with Crippen molar-refractivity contribution in [1.82, 2.24) is 19.9 Å². The summed E-state index contributed by atoms with van der Waals surface area (Å²) in [5, 5.41) is 7.79. The number of hydrogen-bond acceptors (Lipinski definition) is 3.